The van der Waals surface area contributed by atoms with Crippen LogP contribution < -0.4 is 5.32 Å². The Bertz CT molecular complexity index is 541. The van der Waals surface area contributed by atoms with E-state index in [4.69, 9.17) is 0 Å². The Morgan fingerprint density at radius 2 is 2.20 bits per heavy atom. The smallest absolute Gasteiger partial charge is 0.325 e. The number of hydrogen-bond acceptors (Lipinski definition) is 3. The number of imide groups is 1. The van der Waals surface area contributed by atoms with Crippen LogP contribution in [0.5, 0.6) is 0 Å². The van der Waals surface area contributed by atoms with E-state index >= 15 is 0 Å². The third-order valence-electron chi connectivity index (χ3n) is 3.06. The number of nitrogens with zero attached hydrogens (tertiary/aromatic N) is 1. The van der Waals surface area contributed by atoms with Crippen molar-refractivity contribution in [3.63, 3.8) is 0 Å². The van der Waals surface area contributed by atoms with Crippen molar-refractivity contribution in [2.45, 2.75) is 19.0 Å². The van der Waals surface area contributed by atoms with Gasteiger partial charge in [-0.3, -0.25) is 9.69 Å². The van der Waals surface area contributed by atoms with Crippen molar-refractivity contribution in [3.05, 3.63) is 34.1 Å². The standard InChI is InChI=1S/C13H14BrFN2O2S/c1-20-5-4-11-12(18)17(13(19)16-11)7-8-2-3-9(14)6-10(8)15/h2-3,6,11H,4-5,7H2,1H3,(H,16,19). The summed E-state index contributed by atoms with van der Waals surface area (Å²) in [5.74, 6) is 0.0656. The Morgan fingerprint density at radius 1 is 1.45 bits per heavy atom. The van der Waals surface area contributed by atoms with Crippen molar-refractivity contribution < 1.29 is 14.0 Å². The molecule has 1 aromatic carbocycles. The average Bonchev–Trinajstić information content (AvgIpc) is 2.66. The first-order chi connectivity index (χ1) is 9.52. The minimum Gasteiger partial charge on any atom is -0.326 e. The molecule has 0 spiro atoms. The quantitative estimate of drug-likeness (QED) is 0.821. The van der Waals surface area contributed by atoms with Gasteiger partial charge in [0.2, 0.25) is 0 Å². The predicted octanol–water partition coefficient (Wildman–Crippen LogP) is 2.76. The highest BCUT2D eigenvalue weighted by atomic mass is 79.9. The highest BCUT2D eigenvalue weighted by Gasteiger charge is 2.37. The first kappa shape index (κ1) is 15.3. The maximum Gasteiger partial charge on any atom is 0.325 e. The van der Waals surface area contributed by atoms with E-state index < -0.39 is 17.9 Å². The van der Waals surface area contributed by atoms with Crippen LogP contribution in [0.2, 0.25) is 0 Å². The molecule has 1 atom stereocenters. The van der Waals surface area contributed by atoms with Gasteiger partial charge in [-0.25, -0.2) is 9.18 Å². The summed E-state index contributed by atoms with van der Waals surface area (Å²) in [6.07, 6.45) is 2.53. The first-order valence-electron chi connectivity index (χ1n) is 6.07. The number of amides is 3. The Labute approximate surface area is 129 Å². The van der Waals surface area contributed by atoms with Crippen molar-refractivity contribution in [1.29, 1.82) is 0 Å². The van der Waals surface area contributed by atoms with Gasteiger partial charge in [0.1, 0.15) is 11.9 Å². The van der Waals surface area contributed by atoms with Gasteiger partial charge in [-0.1, -0.05) is 22.0 Å². The molecule has 2 rings (SSSR count). The fraction of sp³-hybridized carbons (Fsp3) is 0.385. The molecular weight excluding hydrogens is 347 g/mol. The molecule has 1 aromatic rings. The first-order valence-corrected chi connectivity index (χ1v) is 8.26. The summed E-state index contributed by atoms with van der Waals surface area (Å²) in [5, 5.41) is 2.63. The van der Waals surface area contributed by atoms with E-state index in [0.717, 1.165) is 10.7 Å². The summed E-state index contributed by atoms with van der Waals surface area (Å²) in [7, 11) is 0. The van der Waals surface area contributed by atoms with E-state index in [1.807, 2.05) is 6.26 Å². The molecule has 1 N–H and O–H groups in total. The van der Waals surface area contributed by atoms with Crippen molar-refractivity contribution in [2.75, 3.05) is 12.0 Å². The third kappa shape index (κ3) is 3.32. The lowest BCUT2D eigenvalue weighted by Crippen LogP contribution is -2.31. The summed E-state index contributed by atoms with van der Waals surface area (Å²) in [6.45, 7) is -0.0421. The molecule has 1 aliphatic heterocycles. The van der Waals surface area contributed by atoms with E-state index in [1.165, 1.54) is 6.07 Å². The Kier molecular flexibility index (Phi) is 5.04. The maximum absolute atomic E-state index is 13.8. The van der Waals surface area contributed by atoms with Gasteiger partial charge in [0.05, 0.1) is 6.54 Å². The molecule has 108 valence electrons. The van der Waals surface area contributed by atoms with E-state index in [2.05, 4.69) is 21.2 Å². The van der Waals surface area contributed by atoms with Crippen LogP contribution >= 0.6 is 27.7 Å². The highest BCUT2D eigenvalue weighted by Crippen LogP contribution is 2.19. The van der Waals surface area contributed by atoms with Crippen LogP contribution in [0.3, 0.4) is 0 Å². The monoisotopic (exact) mass is 360 g/mol. The molecular formula is C13H14BrFN2O2S. The van der Waals surface area contributed by atoms with Crippen molar-refractivity contribution in [3.8, 4) is 0 Å². The molecule has 0 radical (unpaired) electrons. The molecule has 1 heterocycles. The predicted molar refractivity (Wildman–Crippen MR) is 80.0 cm³/mol. The van der Waals surface area contributed by atoms with Crippen molar-refractivity contribution in [2.24, 2.45) is 0 Å². The number of benzene rings is 1. The maximum atomic E-state index is 13.8. The van der Waals surface area contributed by atoms with Gasteiger partial charge in [-0.05, 0) is 30.6 Å². The summed E-state index contributed by atoms with van der Waals surface area (Å²) in [6, 6.07) is 3.62. The number of hydrogen-bond donors (Lipinski definition) is 1. The molecule has 1 saturated heterocycles. The Balaban J connectivity index is 2.09. The Morgan fingerprint density at radius 3 is 2.85 bits per heavy atom. The molecule has 1 fully saturated rings. The lowest BCUT2D eigenvalue weighted by atomic mass is 10.2. The fourth-order valence-corrected chi connectivity index (χ4v) is 2.78. The summed E-state index contributed by atoms with van der Waals surface area (Å²) < 4.78 is 14.4. The number of carbonyl (C=O) groups excluding carboxylic acids is 2. The lowest BCUT2D eigenvalue weighted by molar-refractivity contribution is -0.127. The van der Waals surface area contributed by atoms with E-state index in [9.17, 15) is 14.0 Å². The number of nitrogens with one attached hydrogen (secondary N) is 1. The van der Waals surface area contributed by atoms with Gasteiger partial charge in [-0.15, -0.1) is 0 Å². The van der Waals surface area contributed by atoms with E-state index in [1.54, 1.807) is 23.9 Å². The molecule has 20 heavy (non-hydrogen) atoms. The second-order valence-electron chi connectivity index (χ2n) is 4.44. The molecule has 4 nitrogen and oxygen atoms in total. The van der Waals surface area contributed by atoms with Crippen LogP contribution in [0, 0.1) is 5.82 Å². The minimum atomic E-state index is -0.492. The van der Waals surface area contributed by atoms with Crippen LogP contribution in [0.15, 0.2) is 22.7 Å². The molecule has 0 aromatic heterocycles. The van der Waals surface area contributed by atoms with Crippen LogP contribution in [0.25, 0.3) is 0 Å². The second kappa shape index (κ2) is 6.58. The molecule has 0 bridgehead atoms. The van der Waals surface area contributed by atoms with Crippen LogP contribution in [0.4, 0.5) is 9.18 Å². The lowest BCUT2D eigenvalue weighted by Gasteiger charge is -2.13. The SMILES string of the molecule is CSCCC1NC(=O)N(Cc2ccc(Br)cc2F)C1=O. The zero-order chi connectivity index (χ0) is 14.7. The minimum absolute atomic E-state index is 0.0421. The molecule has 3 amide bonds. The van der Waals surface area contributed by atoms with Gasteiger partial charge >= 0.3 is 6.03 Å². The average molecular weight is 361 g/mol. The van der Waals surface area contributed by atoms with Crippen LogP contribution in [-0.4, -0.2) is 34.9 Å². The van der Waals surface area contributed by atoms with Crippen LogP contribution in [-0.2, 0) is 11.3 Å². The summed E-state index contributed by atoms with van der Waals surface area (Å²) >= 11 is 4.78. The normalized spacial score (nSPS) is 18.6. The van der Waals surface area contributed by atoms with Crippen LogP contribution in [0.1, 0.15) is 12.0 Å². The molecule has 1 aliphatic rings. The molecule has 7 heteroatoms. The van der Waals surface area contributed by atoms with Gasteiger partial charge in [0, 0.05) is 10.0 Å². The van der Waals surface area contributed by atoms with Gasteiger partial charge in [0.25, 0.3) is 5.91 Å². The topological polar surface area (TPSA) is 49.4 Å². The van der Waals surface area contributed by atoms with Crippen molar-refractivity contribution in [1.82, 2.24) is 10.2 Å². The second-order valence-corrected chi connectivity index (χ2v) is 6.34. The van der Waals surface area contributed by atoms with Crippen molar-refractivity contribution >= 4 is 39.6 Å². The zero-order valence-corrected chi connectivity index (χ0v) is 13.3. The Hall–Kier alpha value is -1.08. The van der Waals surface area contributed by atoms with E-state index in [0.29, 0.717) is 16.5 Å². The fourth-order valence-electron chi connectivity index (χ4n) is 1.98. The third-order valence-corrected chi connectivity index (χ3v) is 4.20. The number of thioether (sulfide) groups is 1. The number of carbonyl (C=O) groups is 2. The number of halogens is 2. The number of urea groups is 1. The largest absolute Gasteiger partial charge is 0.326 e. The number of rotatable bonds is 5. The van der Waals surface area contributed by atoms with E-state index in [-0.39, 0.29) is 12.5 Å². The summed E-state index contributed by atoms with van der Waals surface area (Å²) in [4.78, 5) is 25.0. The molecule has 0 saturated carbocycles. The highest BCUT2D eigenvalue weighted by molar-refractivity contribution is 9.10. The molecule has 0 aliphatic carbocycles. The van der Waals surface area contributed by atoms with Gasteiger partial charge < -0.3 is 5.32 Å². The molecule has 1 unspecified atom stereocenters. The van der Waals surface area contributed by atoms with Gasteiger partial charge in [-0.2, -0.15) is 11.8 Å². The van der Waals surface area contributed by atoms with Gasteiger partial charge in [0.15, 0.2) is 0 Å². The summed E-state index contributed by atoms with van der Waals surface area (Å²) in [5.41, 5.74) is 0.321. The zero-order valence-electron chi connectivity index (χ0n) is 10.9.